The summed E-state index contributed by atoms with van der Waals surface area (Å²) in [5.74, 6) is 0.291. The number of likely N-dealkylation sites (N-methyl/N-ethyl adjacent to an activating group) is 1. The summed E-state index contributed by atoms with van der Waals surface area (Å²) in [4.78, 5) is 40.8. The lowest BCUT2D eigenvalue weighted by Crippen LogP contribution is -2.50. The van der Waals surface area contributed by atoms with E-state index in [1.54, 1.807) is 4.90 Å². The Morgan fingerprint density at radius 2 is 1.84 bits per heavy atom. The molecule has 7 heteroatoms. The van der Waals surface area contributed by atoms with Crippen molar-refractivity contribution in [2.75, 3.05) is 26.2 Å². The average Bonchev–Trinajstić information content (AvgIpc) is 2.96. The van der Waals surface area contributed by atoms with Crippen molar-refractivity contribution >= 4 is 17.7 Å². The Morgan fingerprint density at radius 3 is 2.40 bits per heavy atom. The van der Waals surface area contributed by atoms with Crippen LogP contribution in [0, 0.1) is 11.8 Å². The van der Waals surface area contributed by atoms with Gasteiger partial charge in [0.2, 0.25) is 17.7 Å². The van der Waals surface area contributed by atoms with Crippen molar-refractivity contribution in [3.8, 4) is 0 Å². The lowest BCUT2D eigenvalue weighted by molar-refractivity contribution is -0.144. The second kappa shape index (κ2) is 8.65. The van der Waals surface area contributed by atoms with Crippen molar-refractivity contribution < 1.29 is 14.4 Å². The van der Waals surface area contributed by atoms with Crippen LogP contribution in [0.1, 0.15) is 46.5 Å². The maximum atomic E-state index is 12.9. The summed E-state index contributed by atoms with van der Waals surface area (Å²) >= 11 is 0. The number of rotatable bonds is 5. The fourth-order valence-corrected chi connectivity index (χ4v) is 3.74. The molecular formula is C18H32N4O3. The SMILES string of the molecule is CCNC(=O)[C@@H]1C[C@H](N)CN1C(=O)C1CCN(C(=O)CC(C)C)CC1. The summed E-state index contributed by atoms with van der Waals surface area (Å²) in [6.07, 6.45) is 2.40. The highest BCUT2D eigenvalue weighted by molar-refractivity contribution is 5.89. The van der Waals surface area contributed by atoms with Crippen molar-refractivity contribution in [2.24, 2.45) is 17.6 Å². The van der Waals surface area contributed by atoms with Crippen LogP contribution in [0.5, 0.6) is 0 Å². The summed E-state index contributed by atoms with van der Waals surface area (Å²) in [6, 6.07) is -0.604. The predicted octanol–water partition coefficient (Wildman–Crippen LogP) is 0.335. The molecule has 2 heterocycles. The lowest BCUT2D eigenvalue weighted by Gasteiger charge is -2.35. The molecule has 0 aliphatic carbocycles. The highest BCUT2D eigenvalue weighted by Crippen LogP contribution is 2.25. The molecule has 0 saturated carbocycles. The molecule has 0 bridgehead atoms. The van der Waals surface area contributed by atoms with Crippen LogP contribution in [0.15, 0.2) is 0 Å². The zero-order chi connectivity index (χ0) is 18.6. The number of piperidine rings is 1. The van der Waals surface area contributed by atoms with Crippen LogP contribution < -0.4 is 11.1 Å². The molecule has 2 rings (SSSR count). The Kier molecular flexibility index (Phi) is 6.81. The first kappa shape index (κ1) is 19.7. The smallest absolute Gasteiger partial charge is 0.242 e. The van der Waals surface area contributed by atoms with Gasteiger partial charge in [-0.1, -0.05) is 13.8 Å². The fourth-order valence-electron chi connectivity index (χ4n) is 3.74. The van der Waals surface area contributed by atoms with Gasteiger partial charge in [-0.25, -0.2) is 0 Å². The van der Waals surface area contributed by atoms with Crippen LogP contribution in [-0.4, -0.2) is 65.8 Å². The second-order valence-electron chi connectivity index (χ2n) is 7.65. The van der Waals surface area contributed by atoms with E-state index in [1.165, 1.54) is 0 Å². The van der Waals surface area contributed by atoms with Crippen molar-refractivity contribution in [2.45, 2.75) is 58.5 Å². The first-order valence-electron chi connectivity index (χ1n) is 9.45. The topological polar surface area (TPSA) is 95.7 Å². The van der Waals surface area contributed by atoms with Gasteiger partial charge >= 0.3 is 0 Å². The monoisotopic (exact) mass is 352 g/mol. The van der Waals surface area contributed by atoms with Gasteiger partial charge in [0.1, 0.15) is 6.04 Å². The Bertz CT molecular complexity index is 501. The summed E-state index contributed by atoms with van der Waals surface area (Å²) < 4.78 is 0. The molecular weight excluding hydrogens is 320 g/mol. The number of carbonyl (C=O) groups excluding carboxylic acids is 3. The molecule has 0 aromatic carbocycles. The third-order valence-corrected chi connectivity index (χ3v) is 5.05. The number of nitrogens with two attached hydrogens (primary N) is 1. The molecule has 25 heavy (non-hydrogen) atoms. The van der Waals surface area contributed by atoms with Gasteiger partial charge in [-0.15, -0.1) is 0 Å². The molecule has 0 aromatic rings. The number of hydrogen-bond donors (Lipinski definition) is 2. The number of hydrogen-bond acceptors (Lipinski definition) is 4. The largest absolute Gasteiger partial charge is 0.355 e. The van der Waals surface area contributed by atoms with E-state index in [0.29, 0.717) is 57.8 Å². The van der Waals surface area contributed by atoms with E-state index in [0.717, 1.165) is 0 Å². The number of nitrogens with one attached hydrogen (secondary N) is 1. The molecule has 2 atom stereocenters. The Balaban J connectivity index is 1.92. The quantitative estimate of drug-likeness (QED) is 0.745. The standard InChI is InChI=1S/C18H32N4O3/c1-4-20-17(24)15-10-14(19)11-22(15)18(25)13-5-7-21(8-6-13)16(23)9-12(2)3/h12-15H,4-11,19H2,1-3H3,(H,20,24)/t14-,15-/m0/s1. The highest BCUT2D eigenvalue weighted by Gasteiger charge is 2.41. The first-order chi connectivity index (χ1) is 11.8. The summed E-state index contributed by atoms with van der Waals surface area (Å²) in [7, 11) is 0. The molecule has 0 unspecified atom stereocenters. The summed E-state index contributed by atoms with van der Waals surface area (Å²) in [5, 5.41) is 2.79. The molecule has 0 radical (unpaired) electrons. The van der Waals surface area contributed by atoms with E-state index in [9.17, 15) is 14.4 Å². The molecule has 3 N–H and O–H groups in total. The third-order valence-electron chi connectivity index (χ3n) is 5.05. The summed E-state index contributed by atoms with van der Waals surface area (Å²) in [5.41, 5.74) is 6.00. The Hall–Kier alpha value is -1.63. The number of carbonyl (C=O) groups is 3. The van der Waals surface area contributed by atoms with E-state index in [4.69, 9.17) is 5.73 Å². The van der Waals surface area contributed by atoms with E-state index in [1.807, 2.05) is 25.7 Å². The van der Waals surface area contributed by atoms with Gasteiger partial charge in [-0.05, 0) is 32.1 Å². The zero-order valence-corrected chi connectivity index (χ0v) is 15.7. The number of amides is 3. The van der Waals surface area contributed by atoms with Crippen molar-refractivity contribution in [1.82, 2.24) is 15.1 Å². The zero-order valence-electron chi connectivity index (χ0n) is 15.7. The second-order valence-corrected chi connectivity index (χ2v) is 7.65. The van der Waals surface area contributed by atoms with Crippen LogP contribution in [0.3, 0.4) is 0 Å². The third kappa shape index (κ3) is 4.93. The van der Waals surface area contributed by atoms with Crippen molar-refractivity contribution in [3.63, 3.8) is 0 Å². The molecule has 2 aliphatic rings. The van der Waals surface area contributed by atoms with E-state index in [-0.39, 0.29) is 29.7 Å². The minimum Gasteiger partial charge on any atom is -0.355 e. The van der Waals surface area contributed by atoms with Crippen LogP contribution in [-0.2, 0) is 14.4 Å². The molecule has 2 aliphatic heterocycles. The normalized spacial score (nSPS) is 24.7. The van der Waals surface area contributed by atoms with Gasteiger partial charge in [0, 0.05) is 44.6 Å². The molecule has 142 valence electrons. The minimum absolute atomic E-state index is 0.0140. The molecule has 2 saturated heterocycles. The van der Waals surface area contributed by atoms with E-state index in [2.05, 4.69) is 5.32 Å². The maximum Gasteiger partial charge on any atom is 0.242 e. The van der Waals surface area contributed by atoms with Gasteiger partial charge in [0.25, 0.3) is 0 Å². The Morgan fingerprint density at radius 1 is 1.20 bits per heavy atom. The van der Waals surface area contributed by atoms with E-state index >= 15 is 0 Å². The highest BCUT2D eigenvalue weighted by atomic mass is 16.2. The van der Waals surface area contributed by atoms with Crippen LogP contribution >= 0.6 is 0 Å². The van der Waals surface area contributed by atoms with Gasteiger partial charge < -0.3 is 20.9 Å². The molecule has 7 nitrogen and oxygen atoms in total. The molecule has 0 spiro atoms. The van der Waals surface area contributed by atoms with Crippen LogP contribution in [0.4, 0.5) is 0 Å². The first-order valence-corrected chi connectivity index (χ1v) is 9.45. The van der Waals surface area contributed by atoms with Crippen molar-refractivity contribution in [3.05, 3.63) is 0 Å². The Labute approximate surface area is 150 Å². The number of likely N-dealkylation sites (tertiary alicyclic amines) is 2. The minimum atomic E-state index is -0.456. The molecule has 2 fully saturated rings. The van der Waals surface area contributed by atoms with Crippen molar-refractivity contribution in [1.29, 1.82) is 0 Å². The molecule has 0 aromatic heterocycles. The lowest BCUT2D eigenvalue weighted by atomic mass is 9.94. The van der Waals surface area contributed by atoms with Crippen LogP contribution in [0.25, 0.3) is 0 Å². The molecule has 3 amide bonds. The van der Waals surface area contributed by atoms with Gasteiger partial charge in [-0.2, -0.15) is 0 Å². The van der Waals surface area contributed by atoms with E-state index < -0.39 is 6.04 Å². The maximum absolute atomic E-state index is 12.9. The number of nitrogens with zero attached hydrogens (tertiary/aromatic N) is 2. The fraction of sp³-hybridized carbons (Fsp3) is 0.833. The van der Waals surface area contributed by atoms with Gasteiger partial charge in [0.15, 0.2) is 0 Å². The van der Waals surface area contributed by atoms with Crippen LogP contribution in [0.2, 0.25) is 0 Å². The van der Waals surface area contributed by atoms with Gasteiger partial charge in [0.05, 0.1) is 0 Å². The summed E-state index contributed by atoms with van der Waals surface area (Å²) in [6.45, 7) is 8.15. The van der Waals surface area contributed by atoms with Gasteiger partial charge in [-0.3, -0.25) is 14.4 Å². The average molecular weight is 352 g/mol. The predicted molar refractivity (Wildman–Crippen MR) is 95.5 cm³/mol.